The number of ketones is 2. The first-order chi connectivity index (χ1) is 9.49. The van der Waals surface area contributed by atoms with Crippen LogP contribution in [0.1, 0.15) is 32.7 Å². The molecule has 1 N–H and O–H groups in total. The lowest BCUT2D eigenvalue weighted by Crippen LogP contribution is -2.10. The number of rotatable bonds is 4. The van der Waals surface area contributed by atoms with E-state index in [1.807, 2.05) is 19.1 Å². The number of Topliss-reactive ketones (excluding diaryl/α,β-unsaturated/α-hetero) is 2. The third-order valence-corrected chi connectivity index (χ3v) is 3.26. The molecule has 0 saturated carbocycles. The lowest BCUT2D eigenvalue weighted by molar-refractivity contribution is 0.0893. The second-order valence-electron chi connectivity index (χ2n) is 4.50. The van der Waals surface area contributed by atoms with Crippen molar-refractivity contribution in [3.63, 3.8) is 0 Å². The van der Waals surface area contributed by atoms with E-state index in [1.165, 1.54) is 18.2 Å². The molecule has 0 atom stereocenters. The molecule has 0 spiro atoms. The zero-order chi connectivity index (χ0) is 14.7. The Bertz CT molecular complexity index is 677. The minimum Gasteiger partial charge on any atom is -0.507 e. The van der Waals surface area contributed by atoms with Gasteiger partial charge in [0.1, 0.15) is 5.75 Å². The highest BCUT2D eigenvalue weighted by Gasteiger charge is 2.17. The Labute approximate surface area is 121 Å². The number of hydrogen-bond acceptors (Lipinski definition) is 3. The van der Waals surface area contributed by atoms with Crippen molar-refractivity contribution in [1.29, 1.82) is 0 Å². The first kappa shape index (κ1) is 14.3. The lowest BCUT2D eigenvalue weighted by Gasteiger charge is -2.06. The van der Waals surface area contributed by atoms with Crippen molar-refractivity contribution in [2.24, 2.45) is 0 Å². The fraction of sp³-hybridized carbons (Fsp3) is 0.125. The number of carbonyl (C=O) groups excluding carboxylic acids is 2. The summed E-state index contributed by atoms with van der Waals surface area (Å²) in [4.78, 5) is 24.1. The van der Waals surface area contributed by atoms with Crippen LogP contribution in [0.25, 0.3) is 0 Å². The summed E-state index contributed by atoms with van der Waals surface area (Å²) in [5.41, 5.74) is 1.45. The number of aryl methyl sites for hydroxylation is 1. The predicted molar refractivity (Wildman–Crippen MR) is 77.6 cm³/mol. The molecule has 0 amide bonds. The number of phenols is 1. The van der Waals surface area contributed by atoms with Gasteiger partial charge >= 0.3 is 0 Å². The van der Waals surface area contributed by atoms with Gasteiger partial charge in [0.15, 0.2) is 11.6 Å². The van der Waals surface area contributed by atoms with Crippen molar-refractivity contribution in [3.8, 4) is 5.75 Å². The molecule has 102 valence electrons. The number of aromatic hydroxyl groups is 1. The Morgan fingerprint density at radius 3 is 2.35 bits per heavy atom. The van der Waals surface area contributed by atoms with Crippen LogP contribution in [-0.2, 0) is 0 Å². The van der Waals surface area contributed by atoms with E-state index < -0.39 is 5.78 Å². The van der Waals surface area contributed by atoms with Crippen molar-refractivity contribution in [2.45, 2.75) is 13.3 Å². The minimum atomic E-state index is -0.424. The molecule has 20 heavy (non-hydrogen) atoms. The van der Waals surface area contributed by atoms with Gasteiger partial charge in [-0.3, -0.25) is 9.59 Å². The van der Waals surface area contributed by atoms with Gasteiger partial charge in [-0.25, -0.2) is 0 Å². The first-order valence-electron chi connectivity index (χ1n) is 6.09. The SMILES string of the molecule is Cc1ccccc1C(=O)CC(=O)c1ccc(Cl)cc1O. The zero-order valence-corrected chi connectivity index (χ0v) is 11.6. The average Bonchev–Trinajstić information content (AvgIpc) is 2.38. The average molecular weight is 289 g/mol. The molecule has 0 aliphatic carbocycles. The molecule has 0 heterocycles. The lowest BCUT2D eigenvalue weighted by atomic mass is 9.98. The Morgan fingerprint density at radius 2 is 1.70 bits per heavy atom. The molecule has 0 aliphatic rings. The maximum Gasteiger partial charge on any atom is 0.174 e. The van der Waals surface area contributed by atoms with Crippen LogP contribution in [0.15, 0.2) is 42.5 Å². The minimum absolute atomic E-state index is 0.108. The van der Waals surface area contributed by atoms with Crippen molar-refractivity contribution >= 4 is 23.2 Å². The summed E-state index contributed by atoms with van der Waals surface area (Å²) >= 11 is 5.71. The smallest absolute Gasteiger partial charge is 0.174 e. The van der Waals surface area contributed by atoms with Crippen molar-refractivity contribution in [3.05, 3.63) is 64.2 Å². The standard InChI is InChI=1S/C16H13ClO3/c1-10-4-2-3-5-12(10)15(19)9-16(20)13-7-6-11(17)8-14(13)18/h2-8,18H,9H2,1H3. The molecule has 0 aliphatic heterocycles. The Kier molecular flexibility index (Phi) is 4.20. The van der Waals surface area contributed by atoms with Crippen LogP contribution >= 0.6 is 11.6 Å². The highest BCUT2D eigenvalue weighted by atomic mass is 35.5. The van der Waals surface area contributed by atoms with E-state index in [0.29, 0.717) is 10.6 Å². The number of phenolic OH excluding ortho intramolecular Hbond substituents is 1. The fourth-order valence-electron chi connectivity index (χ4n) is 1.96. The Hall–Kier alpha value is -2.13. The van der Waals surface area contributed by atoms with E-state index in [9.17, 15) is 14.7 Å². The third kappa shape index (κ3) is 3.06. The maximum absolute atomic E-state index is 12.1. The molecule has 0 fully saturated rings. The second-order valence-corrected chi connectivity index (χ2v) is 4.94. The van der Waals surface area contributed by atoms with Gasteiger partial charge in [0, 0.05) is 10.6 Å². The van der Waals surface area contributed by atoms with E-state index in [4.69, 9.17) is 11.6 Å². The summed E-state index contributed by atoms with van der Waals surface area (Å²) in [5, 5.41) is 10.0. The van der Waals surface area contributed by atoms with Gasteiger partial charge in [0.2, 0.25) is 0 Å². The normalized spacial score (nSPS) is 10.3. The molecular formula is C16H13ClO3. The molecular weight excluding hydrogens is 276 g/mol. The molecule has 2 aromatic rings. The van der Waals surface area contributed by atoms with Gasteiger partial charge in [-0.1, -0.05) is 35.9 Å². The largest absolute Gasteiger partial charge is 0.507 e. The first-order valence-corrected chi connectivity index (χ1v) is 6.47. The molecule has 3 nitrogen and oxygen atoms in total. The number of carbonyl (C=O) groups is 2. The highest BCUT2D eigenvalue weighted by molar-refractivity contribution is 6.31. The van der Waals surface area contributed by atoms with Crippen molar-refractivity contribution in [2.75, 3.05) is 0 Å². The van der Waals surface area contributed by atoms with Gasteiger partial charge in [-0.15, -0.1) is 0 Å². The molecule has 0 bridgehead atoms. The monoisotopic (exact) mass is 288 g/mol. The molecule has 2 aromatic carbocycles. The number of benzene rings is 2. The zero-order valence-electron chi connectivity index (χ0n) is 10.9. The van der Waals surface area contributed by atoms with Crippen LogP contribution in [0.5, 0.6) is 5.75 Å². The number of halogens is 1. The number of hydrogen-bond donors (Lipinski definition) is 1. The fourth-order valence-corrected chi connectivity index (χ4v) is 2.13. The summed E-state index contributed by atoms with van der Waals surface area (Å²) in [6, 6.07) is 11.3. The summed E-state index contributed by atoms with van der Waals surface area (Å²) in [6.07, 6.45) is -0.278. The summed E-state index contributed by atoms with van der Waals surface area (Å²) in [7, 11) is 0. The van der Waals surface area contributed by atoms with Crippen LogP contribution in [0.4, 0.5) is 0 Å². The van der Waals surface area contributed by atoms with E-state index in [-0.39, 0.29) is 23.5 Å². The molecule has 0 aromatic heterocycles. The summed E-state index contributed by atoms with van der Waals surface area (Å²) in [6.45, 7) is 1.82. The van der Waals surface area contributed by atoms with E-state index >= 15 is 0 Å². The Morgan fingerprint density at radius 1 is 1.05 bits per heavy atom. The molecule has 4 heteroatoms. The molecule has 0 radical (unpaired) electrons. The quantitative estimate of drug-likeness (QED) is 0.687. The van der Waals surface area contributed by atoms with E-state index in [1.54, 1.807) is 12.1 Å². The summed E-state index contributed by atoms with van der Waals surface area (Å²) in [5.74, 6) is -0.894. The van der Waals surface area contributed by atoms with Crippen LogP contribution in [0.3, 0.4) is 0 Å². The molecule has 2 rings (SSSR count). The van der Waals surface area contributed by atoms with Crippen LogP contribution in [-0.4, -0.2) is 16.7 Å². The third-order valence-electron chi connectivity index (χ3n) is 3.03. The van der Waals surface area contributed by atoms with Crippen LogP contribution in [0.2, 0.25) is 5.02 Å². The van der Waals surface area contributed by atoms with Crippen LogP contribution < -0.4 is 0 Å². The maximum atomic E-state index is 12.1. The van der Waals surface area contributed by atoms with Crippen LogP contribution in [0, 0.1) is 6.92 Å². The Balaban J connectivity index is 2.20. The van der Waals surface area contributed by atoms with Gasteiger partial charge < -0.3 is 5.11 Å². The van der Waals surface area contributed by atoms with Crippen molar-refractivity contribution in [1.82, 2.24) is 0 Å². The van der Waals surface area contributed by atoms with Gasteiger partial charge in [-0.2, -0.15) is 0 Å². The second kappa shape index (κ2) is 5.88. The molecule has 0 unspecified atom stereocenters. The predicted octanol–water partition coefficient (Wildman–Crippen LogP) is 3.81. The van der Waals surface area contributed by atoms with Gasteiger partial charge in [0.25, 0.3) is 0 Å². The topological polar surface area (TPSA) is 54.4 Å². The highest BCUT2D eigenvalue weighted by Crippen LogP contribution is 2.23. The van der Waals surface area contributed by atoms with Gasteiger partial charge in [-0.05, 0) is 30.7 Å². The van der Waals surface area contributed by atoms with E-state index in [0.717, 1.165) is 5.56 Å². The molecule has 0 saturated heterocycles. The van der Waals surface area contributed by atoms with Crippen molar-refractivity contribution < 1.29 is 14.7 Å². The van der Waals surface area contributed by atoms with E-state index in [2.05, 4.69) is 0 Å². The summed E-state index contributed by atoms with van der Waals surface area (Å²) < 4.78 is 0. The van der Waals surface area contributed by atoms with Gasteiger partial charge in [0.05, 0.1) is 12.0 Å².